The maximum absolute atomic E-state index is 5.41. The Hall–Kier alpha value is -0.220. The fraction of sp³-hybridized carbons (Fsp3) is 0.600. The van der Waals surface area contributed by atoms with Gasteiger partial charge in [-0.15, -0.1) is 0 Å². The van der Waals surface area contributed by atoms with E-state index in [9.17, 15) is 0 Å². The van der Waals surface area contributed by atoms with E-state index in [1.807, 2.05) is 35.4 Å². The first-order valence-corrected chi connectivity index (χ1v) is 6.92. The maximum Gasteiger partial charge on any atom is 0.103 e. The van der Waals surface area contributed by atoms with E-state index < -0.39 is 0 Å². The monoisotopic (exact) mass is 230 g/mol. The first kappa shape index (κ1) is 10.3. The number of hydrogen-bond donors (Lipinski definition) is 0. The summed E-state index contributed by atoms with van der Waals surface area (Å²) in [6, 6.07) is 0. The van der Waals surface area contributed by atoms with Gasteiger partial charge in [0.15, 0.2) is 0 Å². The number of ether oxygens (including phenoxy) is 2. The molecule has 0 unspecified atom stereocenters. The number of hydrogen-bond acceptors (Lipinski definition) is 4. The van der Waals surface area contributed by atoms with Gasteiger partial charge < -0.3 is 9.47 Å². The van der Waals surface area contributed by atoms with Crippen LogP contribution < -0.4 is 0 Å². The van der Waals surface area contributed by atoms with E-state index in [0.29, 0.717) is 0 Å². The molecule has 0 N–H and O–H groups in total. The van der Waals surface area contributed by atoms with Gasteiger partial charge in [-0.1, -0.05) is 21.6 Å². The molecule has 78 valence electrons. The van der Waals surface area contributed by atoms with Crippen molar-refractivity contribution >= 4 is 21.6 Å². The van der Waals surface area contributed by atoms with Crippen LogP contribution in [0.25, 0.3) is 0 Å². The molecule has 0 amide bonds. The summed E-state index contributed by atoms with van der Waals surface area (Å²) in [7, 11) is 3.65. The molecule has 0 saturated heterocycles. The summed E-state index contributed by atoms with van der Waals surface area (Å²) in [4.78, 5) is 2.75. The molecule has 0 spiro atoms. The average Bonchev–Trinajstić information content (AvgIpc) is 2.72. The Morgan fingerprint density at radius 1 is 0.857 bits per heavy atom. The highest BCUT2D eigenvalue weighted by Gasteiger charge is 2.17. The summed E-state index contributed by atoms with van der Waals surface area (Å²) in [6.07, 6.45) is 2.13. The second-order valence-electron chi connectivity index (χ2n) is 3.32. The van der Waals surface area contributed by atoms with Crippen molar-refractivity contribution in [3.63, 3.8) is 0 Å². The number of rotatable bonds is 3. The highest BCUT2D eigenvalue weighted by atomic mass is 33.1. The predicted molar refractivity (Wildman–Crippen MR) is 61.7 cm³/mol. The van der Waals surface area contributed by atoms with Crippen LogP contribution in [0.15, 0.2) is 21.3 Å². The lowest BCUT2D eigenvalue weighted by Crippen LogP contribution is -1.76. The van der Waals surface area contributed by atoms with Crippen molar-refractivity contribution < 1.29 is 9.47 Å². The molecule has 0 bridgehead atoms. The topological polar surface area (TPSA) is 18.5 Å². The zero-order valence-electron chi connectivity index (χ0n) is 8.46. The molecule has 4 heteroatoms. The molecule has 0 fully saturated rings. The first-order chi connectivity index (χ1) is 6.77. The van der Waals surface area contributed by atoms with Crippen molar-refractivity contribution in [2.45, 2.75) is 26.7 Å². The quantitative estimate of drug-likeness (QED) is 0.688. The van der Waals surface area contributed by atoms with Crippen molar-refractivity contribution in [1.29, 1.82) is 0 Å². The third-order valence-electron chi connectivity index (χ3n) is 2.32. The third-order valence-corrected chi connectivity index (χ3v) is 5.25. The Labute approximate surface area is 92.5 Å². The van der Waals surface area contributed by atoms with Crippen LogP contribution in [0.3, 0.4) is 0 Å². The van der Waals surface area contributed by atoms with Gasteiger partial charge in [0.25, 0.3) is 0 Å². The lowest BCUT2D eigenvalue weighted by molar-refractivity contribution is 0.246. The molecule has 2 heterocycles. The molecule has 2 nitrogen and oxygen atoms in total. The van der Waals surface area contributed by atoms with Crippen LogP contribution in [0.4, 0.5) is 0 Å². The minimum absolute atomic E-state index is 0.850. The van der Waals surface area contributed by atoms with Gasteiger partial charge in [-0.05, 0) is 13.8 Å². The van der Waals surface area contributed by atoms with Gasteiger partial charge in [0.05, 0.1) is 13.2 Å². The smallest absolute Gasteiger partial charge is 0.103 e. The highest BCUT2D eigenvalue weighted by Crippen LogP contribution is 2.45. The predicted octanol–water partition coefficient (Wildman–Crippen LogP) is 3.67. The van der Waals surface area contributed by atoms with Crippen LogP contribution in [-0.2, 0) is 9.47 Å². The van der Waals surface area contributed by atoms with E-state index in [1.54, 1.807) is 0 Å². The van der Waals surface area contributed by atoms with Gasteiger partial charge in [0.1, 0.15) is 11.5 Å². The van der Waals surface area contributed by atoms with Gasteiger partial charge >= 0.3 is 0 Å². The van der Waals surface area contributed by atoms with Crippen LogP contribution in [0.1, 0.15) is 26.7 Å². The van der Waals surface area contributed by atoms with E-state index in [0.717, 1.165) is 37.6 Å². The fourth-order valence-corrected chi connectivity index (χ4v) is 4.10. The summed E-state index contributed by atoms with van der Waals surface area (Å²) < 4.78 is 10.8. The second kappa shape index (κ2) is 4.53. The molecule has 0 aromatic carbocycles. The van der Waals surface area contributed by atoms with Crippen LogP contribution >= 0.6 is 21.6 Å². The molecule has 14 heavy (non-hydrogen) atoms. The van der Waals surface area contributed by atoms with Crippen LogP contribution in [0.5, 0.6) is 0 Å². The summed E-state index contributed by atoms with van der Waals surface area (Å²) >= 11 is 0. The fourth-order valence-electron chi connectivity index (χ4n) is 1.41. The molecule has 0 aliphatic carbocycles. The molecule has 0 saturated carbocycles. The summed E-state index contributed by atoms with van der Waals surface area (Å²) in [5.41, 5.74) is 0. The van der Waals surface area contributed by atoms with Crippen molar-refractivity contribution in [1.82, 2.24) is 0 Å². The van der Waals surface area contributed by atoms with Gasteiger partial charge in [0, 0.05) is 22.7 Å². The van der Waals surface area contributed by atoms with E-state index in [4.69, 9.17) is 9.47 Å². The Morgan fingerprint density at radius 2 is 1.29 bits per heavy atom. The van der Waals surface area contributed by atoms with E-state index in [2.05, 4.69) is 0 Å². The minimum atomic E-state index is 0.850. The van der Waals surface area contributed by atoms with Gasteiger partial charge in [-0.25, -0.2) is 0 Å². The van der Waals surface area contributed by atoms with Crippen molar-refractivity contribution in [3.8, 4) is 0 Å². The standard InChI is InChI=1S/C10H14O2S2/c1-7-9(3-5-11-7)13-14-10-4-6-12-8(10)2/h3-6H2,1-2H3. The SMILES string of the molecule is CC1=C(SSC2=C(C)OCC2)CCO1. The van der Waals surface area contributed by atoms with Crippen LogP contribution in [-0.4, -0.2) is 13.2 Å². The van der Waals surface area contributed by atoms with E-state index in [-0.39, 0.29) is 0 Å². The molecule has 2 aliphatic heterocycles. The maximum atomic E-state index is 5.41. The highest BCUT2D eigenvalue weighted by molar-refractivity contribution is 8.79. The first-order valence-electron chi connectivity index (χ1n) is 4.77. The Balaban J connectivity index is 1.88. The van der Waals surface area contributed by atoms with Crippen LogP contribution in [0, 0.1) is 0 Å². The Morgan fingerprint density at radius 3 is 1.57 bits per heavy atom. The van der Waals surface area contributed by atoms with E-state index in [1.165, 1.54) is 9.81 Å². The average molecular weight is 230 g/mol. The summed E-state index contributed by atoms with van der Waals surface area (Å²) in [5.74, 6) is 2.19. The zero-order chi connectivity index (χ0) is 9.97. The van der Waals surface area contributed by atoms with Crippen molar-refractivity contribution in [3.05, 3.63) is 21.3 Å². The largest absolute Gasteiger partial charge is 0.497 e. The zero-order valence-corrected chi connectivity index (χ0v) is 10.1. The van der Waals surface area contributed by atoms with E-state index >= 15 is 0 Å². The third kappa shape index (κ3) is 2.23. The Bertz CT molecular complexity index is 264. The second-order valence-corrected chi connectivity index (χ2v) is 5.64. The summed E-state index contributed by atoms with van der Waals surface area (Å²) in [5, 5.41) is 0. The normalized spacial score (nSPS) is 21.6. The Kier molecular flexibility index (Phi) is 3.34. The lowest BCUT2D eigenvalue weighted by atomic mass is 10.4. The number of allylic oxidation sites excluding steroid dienone is 2. The molecule has 2 rings (SSSR count). The van der Waals surface area contributed by atoms with Gasteiger partial charge in [-0.2, -0.15) is 0 Å². The van der Waals surface area contributed by atoms with Crippen molar-refractivity contribution in [2.24, 2.45) is 0 Å². The molecule has 0 aromatic rings. The molecule has 0 aromatic heterocycles. The molecule has 2 aliphatic rings. The molecular formula is C10H14O2S2. The summed E-state index contributed by atoms with van der Waals surface area (Å²) in [6.45, 7) is 5.79. The van der Waals surface area contributed by atoms with Crippen molar-refractivity contribution in [2.75, 3.05) is 13.2 Å². The molecule has 0 atom stereocenters. The van der Waals surface area contributed by atoms with Gasteiger partial charge in [0.2, 0.25) is 0 Å². The van der Waals surface area contributed by atoms with Gasteiger partial charge in [-0.3, -0.25) is 0 Å². The molecule has 0 radical (unpaired) electrons. The molecular weight excluding hydrogens is 216 g/mol. The minimum Gasteiger partial charge on any atom is -0.497 e. The lowest BCUT2D eigenvalue weighted by Gasteiger charge is -2.01. The van der Waals surface area contributed by atoms with Crippen LogP contribution in [0.2, 0.25) is 0 Å².